The summed E-state index contributed by atoms with van der Waals surface area (Å²) in [5, 5.41) is 0. The van der Waals surface area contributed by atoms with Gasteiger partial charge in [0, 0.05) is 0 Å². The van der Waals surface area contributed by atoms with Crippen molar-refractivity contribution in [2.45, 2.75) is 33.6 Å². The Labute approximate surface area is 79.3 Å². The van der Waals surface area contributed by atoms with Gasteiger partial charge in [-0.25, -0.2) is 0 Å². The van der Waals surface area contributed by atoms with Gasteiger partial charge < -0.3 is 4.74 Å². The monoisotopic (exact) mass is 180 g/mol. The molecule has 2 nitrogen and oxygen atoms in total. The van der Waals surface area contributed by atoms with Gasteiger partial charge in [-0.2, -0.15) is 0 Å². The summed E-state index contributed by atoms with van der Waals surface area (Å²) in [4.78, 5) is 10.3. The number of carbonyl (C=O) groups excluding carboxylic acids is 1. The molecule has 0 amide bonds. The lowest BCUT2D eigenvalue weighted by Crippen LogP contribution is -2.06. The third-order valence-corrected chi connectivity index (χ3v) is 2.35. The Kier molecular flexibility index (Phi) is 3.29. The molecule has 0 bridgehead atoms. The number of carbonyl (C=O) groups is 1. The summed E-state index contributed by atoms with van der Waals surface area (Å²) >= 11 is 0. The van der Waals surface area contributed by atoms with Crippen molar-refractivity contribution in [1.29, 1.82) is 0 Å². The average molecular weight is 180 g/mol. The van der Waals surface area contributed by atoms with Crippen LogP contribution in [0.1, 0.15) is 33.6 Å². The highest BCUT2D eigenvalue weighted by atomic mass is 16.5. The highest BCUT2D eigenvalue weighted by molar-refractivity contribution is 5.44. The molecular formula is C11H16O2. The first-order valence-corrected chi connectivity index (χ1v) is 4.65. The molecule has 0 aromatic heterocycles. The molecule has 0 atom stereocenters. The molecule has 0 aromatic rings. The normalized spacial score (nSPS) is 17.4. The fourth-order valence-electron chi connectivity index (χ4n) is 1.58. The van der Waals surface area contributed by atoms with Gasteiger partial charge in [0.15, 0.2) is 0 Å². The van der Waals surface area contributed by atoms with Crippen molar-refractivity contribution in [1.82, 2.24) is 0 Å². The minimum Gasteiger partial charge on any atom is -0.429 e. The minimum atomic E-state index is 0.458. The van der Waals surface area contributed by atoms with Crippen LogP contribution in [0.5, 0.6) is 0 Å². The number of ether oxygens (including phenoxy) is 1. The molecule has 0 saturated heterocycles. The Bertz CT molecular complexity index is 259. The first-order valence-electron chi connectivity index (χ1n) is 4.65. The number of hydrogen-bond donors (Lipinski definition) is 0. The predicted molar refractivity (Wildman–Crippen MR) is 52.0 cm³/mol. The second-order valence-corrected chi connectivity index (χ2v) is 3.75. The zero-order chi connectivity index (χ0) is 9.84. The van der Waals surface area contributed by atoms with E-state index in [1.807, 2.05) is 6.08 Å². The van der Waals surface area contributed by atoms with Gasteiger partial charge in [-0.3, -0.25) is 4.79 Å². The minimum absolute atomic E-state index is 0.458. The lowest BCUT2D eigenvalue weighted by atomic mass is 9.90. The van der Waals surface area contributed by atoms with Gasteiger partial charge in [0.1, 0.15) is 5.76 Å². The van der Waals surface area contributed by atoms with Crippen LogP contribution in [0.3, 0.4) is 0 Å². The van der Waals surface area contributed by atoms with E-state index in [1.165, 1.54) is 11.1 Å². The quantitative estimate of drug-likeness (QED) is 0.624. The maximum atomic E-state index is 10.3. The van der Waals surface area contributed by atoms with E-state index in [2.05, 4.69) is 20.8 Å². The van der Waals surface area contributed by atoms with Crippen LogP contribution < -0.4 is 0 Å². The van der Waals surface area contributed by atoms with Crippen LogP contribution in [-0.2, 0) is 9.53 Å². The van der Waals surface area contributed by atoms with E-state index in [1.54, 1.807) is 0 Å². The molecule has 1 aliphatic carbocycles. The maximum absolute atomic E-state index is 10.3. The molecule has 0 radical (unpaired) electrons. The molecule has 72 valence electrons. The van der Waals surface area contributed by atoms with Crippen LogP contribution in [0.4, 0.5) is 0 Å². The summed E-state index contributed by atoms with van der Waals surface area (Å²) in [6.07, 6.45) is 4.07. The van der Waals surface area contributed by atoms with Crippen LogP contribution in [0.25, 0.3) is 0 Å². The second kappa shape index (κ2) is 4.26. The van der Waals surface area contributed by atoms with Gasteiger partial charge in [0.05, 0.1) is 0 Å². The Morgan fingerprint density at radius 2 is 2.15 bits per heavy atom. The summed E-state index contributed by atoms with van der Waals surface area (Å²) in [6, 6.07) is 0. The molecule has 1 rings (SSSR count). The van der Waals surface area contributed by atoms with Crippen LogP contribution in [0.2, 0.25) is 0 Å². The van der Waals surface area contributed by atoms with E-state index >= 15 is 0 Å². The summed E-state index contributed by atoms with van der Waals surface area (Å²) in [6.45, 7) is 6.81. The molecule has 13 heavy (non-hydrogen) atoms. The molecule has 0 saturated carbocycles. The third kappa shape index (κ3) is 2.44. The molecule has 0 N–H and O–H groups in total. The number of hydrogen-bond acceptors (Lipinski definition) is 2. The van der Waals surface area contributed by atoms with Crippen molar-refractivity contribution in [3.63, 3.8) is 0 Å². The zero-order valence-electron chi connectivity index (χ0n) is 8.46. The molecule has 0 heterocycles. The first kappa shape index (κ1) is 10.0. The second-order valence-electron chi connectivity index (χ2n) is 3.75. The highest BCUT2D eigenvalue weighted by Crippen LogP contribution is 2.28. The summed E-state index contributed by atoms with van der Waals surface area (Å²) in [5.41, 5.74) is 2.53. The van der Waals surface area contributed by atoms with Gasteiger partial charge >= 0.3 is 0 Å². The molecule has 1 aliphatic rings. The molecule has 0 aromatic carbocycles. The van der Waals surface area contributed by atoms with Gasteiger partial charge in [-0.15, -0.1) is 0 Å². The van der Waals surface area contributed by atoms with E-state index in [0.29, 0.717) is 12.4 Å². The predicted octanol–water partition coefficient (Wildman–Crippen LogP) is 2.81. The highest BCUT2D eigenvalue weighted by Gasteiger charge is 2.15. The lowest BCUT2D eigenvalue weighted by Gasteiger charge is -2.19. The first-order chi connectivity index (χ1) is 6.15. The van der Waals surface area contributed by atoms with Gasteiger partial charge in [-0.1, -0.05) is 19.4 Å². The summed E-state index contributed by atoms with van der Waals surface area (Å²) in [5.74, 6) is 1.22. The Balaban J connectivity index is 2.93. The smallest absolute Gasteiger partial charge is 0.298 e. The van der Waals surface area contributed by atoms with Crippen molar-refractivity contribution >= 4 is 6.47 Å². The van der Waals surface area contributed by atoms with Crippen LogP contribution >= 0.6 is 0 Å². The summed E-state index contributed by atoms with van der Waals surface area (Å²) in [7, 11) is 0. The van der Waals surface area contributed by atoms with Crippen molar-refractivity contribution in [2.75, 3.05) is 0 Å². The van der Waals surface area contributed by atoms with E-state index < -0.39 is 0 Å². The van der Waals surface area contributed by atoms with Gasteiger partial charge in [0.2, 0.25) is 0 Å². The molecule has 0 fully saturated rings. The van der Waals surface area contributed by atoms with Crippen molar-refractivity contribution in [3.8, 4) is 0 Å². The molecule has 0 unspecified atom stereocenters. The Morgan fingerprint density at radius 1 is 1.46 bits per heavy atom. The van der Waals surface area contributed by atoms with Crippen LogP contribution in [0, 0.1) is 5.92 Å². The maximum Gasteiger partial charge on any atom is 0.298 e. The third-order valence-electron chi connectivity index (χ3n) is 2.35. The van der Waals surface area contributed by atoms with Crippen molar-refractivity contribution in [3.05, 3.63) is 23.0 Å². The van der Waals surface area contributed by atoms with Gasteiger partial charge in [0.25, 0.3) is 6.47 Å². The fraction of sp³-hybridized carbons (Fsp3) is 0.545. The van der Waals surface area contributed by atoms with E-state index in [-0.39, 0.29) is 0 Å². The molecule has 0 spiro atoms. The fourth-order valence-corrected chi connectivity index (χ4v) is 1.58. The Hall–Kier alpha value is -1.05. The molecule has 2 heteroatoms. The topological polar surface area (TPSA) is 26.3 Å². The van der Waals surface area contributed by atoms with E-state index in [0.717, 1.165) is 18.6 Å². The molecular weight excluding hydrogens is 164 g/mol. The standard InChI is InChI=1S/C11H16O2/c1-8(2)10-5-4-9(3)6-11(10)13-7-12/h6-8H,4-5H2,1-3H3. The lowest BCUT2D eigenvalue weighted by molar-refractivity contribution is -0.124. The zero-order valence-corrected chi connectivity index (χ0v) is 8.46. The van der Waals surface area contributed by atoms with Crippen molar-refractivity contribution in [2.24, 2.45) is 5.92 Å². The van der Waals surface area contributed by atoms with E-state index in [4.69, 9.17) is 4.74 Å². The van der Waals surface area contributed by atoms with E-state index in [9.17, 15) is 4.79 Å². The van der Waals surface area contributed by atoms with Crippen LogP contribution in [-0.4, -0.2) is 6.47 Å². The average Bonchev–Trinajstić information content (AvgIpc) is 2.04. The Morgan fingerprint density at radius 3 is 2.69 bits per heavy atom. The van der Waals surface area contributed by atoms with Crippen LogP contribution in [0.15, 0.2) is 23.0 Å². The van der Waals surface area contributed by atoms with Crippen molar-refractivity contribution < 1.29 is 9.53 Å². The number of rotatable bonds is 3. The largest absolute Gasteiger partial charge is 0.429 e. The number of allylic oxidation sites excluding steroid dienone is 3. The molecule has 0 aliphatic heterocycles. The SMILES string of the molecule is CC1=CC(OC=O)=C(C(C)C)CC1. The summed E-state index contributed by atoms with van der Waals surface area (Å²) < 4.78 is 4.95. The van der Waals surface area contributed by atoms with Gasteiger partial charge in [-0.05, 0) is 37.3 Å².